The minimum Gasteiger partial charge on any atom is -0.387 e. The summed E-state index contributed by atoms with van der Waals surface area (Å²) in [6.45, 7) is 7.27. The molecule has 4 atom stereocenters. The summed E-state index contributed by atoms with van der Waals surface area (Å²) in [6, 6.07) is 11.1. The molecule has 2 nitrogen and oxygen atoms in total. The van der Waals surface area contributed by atoms with Gasteiger partial charge in [-0.15, -0.1) is 0 Å². The minimum absolute atomic E-state index is 0. The van der Waals surface area contributed by atoms with Gasteiger partial charge in [0.2, 0.25) is 0 Å². The normalized spacial score (nSPS) is 24.5. The van der Waals surface area contributed by atoms with Crippen LogP contribution in [0.15, 0.2) is 54.1 Å². The molecule has 2 rings (SSSR count). The lowest BCUT2D eigenvalue weighted by atomic mass is 10.0. The van der Waals surface area contributed by atoms with Crippen molar-refractivity contribution in [2.45, 2.75) is 52.8 Å². The molecule has 2 heteroatoms. The molecular formula is C19H29NO. The van der Waals surface area contributed by atoms with Gasteiger partial charge in [-0.25, -0.2) is 0 Å². The molecule has 21 heavy (non-hydrogen) atoms. The molecule has 0 amide bonds. The quantitative estimate of drug-likeness (QED) is 0.621. The van der Waals surface area contributed by atoms with Crippen molar-refractivity contribution in [1.29, 1.82) is 0 Å². The van der Waals surface area contributed by atoms with E-state index < -0.39 is 0 Å². The zero-order chi connectivity index (χ0) is 14.5. The monoisotopic (exact) mass is 287 g/mol. The average Bonchev–Trinajstić information content (AvgIpc) is 3.28. The Morgan fingerprint density at radius 1 is 1.38 bits per heavy atom. The highest BCUT2D eigenvalue weighted by atomic mass is 16.3. The molecule has 0 saturated carbocycles. The molecule has 116 valence electrons. The smallest absolute Gasteiger partial charge is 0.0954 e. The highest BCUT2D eigenvalue weighted by molar-refractivity contribution is 5.28. The fraction of sp³-hybridized carbons (Fsp3) is 0.474. The Hall–Kier alpha value is -1.38. The van der Waals surface area contributed by atoms with E-state index in [9.17, 15) is 5.11 Å². The lowest BCUT2D eigenvalue weighted by Crippen LogP contribution is -2.22. The summed E-state index contributed by atoms with van der Waals surface area (Å²) in [5.41, 5.74) is 2.34. The van der Waals surface area contributed by atoms with Crippen molar-refractivity contribution in [2.24, 2.45) is 0 Å². The predicted molar refractivity (Wildman–Crippen MR) is 91.3 cm³/mol. The third-order valence-corrected chi connectivity index (χ3v) is 4.06. The molecule has 1 fully saturated rings. The second kappa shape index (κ2) is 8.16. The third kappa shape index (κ3) is 4.29. The van der Waals surface area contributed by atoms with Gasteiger partial charge < -0.3 is 5.11 Å². The van der Waals surface area contributed by atoms with E-state index in [4.69, 9.17) is 0 Å². The summed E-state index contributed by atoms with van der Waals surface area (Å²) in [5.74, 6) is 0. The van der Waals surface area contributed by atoms with E-state index >= 15 is 0 Å². The van der Waals surface area contributed by atoms with Crippen molar-refractivity contribution in [1.82, 2.24) is 4.90 Å². The van der Waals surface area contributed by atoms with Gasteiger partial charge in [-0.05, 0) is 31.4 Å². The van der Waals surface area contributed by atoms with E-state index in [0.29, 0.717) is 6.04 Å². The molecule has 1 saturated heterocycles. The summed E-state index contributed by atoms with van der Waals surface area (Å²) in [7, 11) is 0. The Morgan fingerprint density at radius 3 is 2.62 bits per heavy atom. The van der Waals surface area contributed by atoms with Gasteiger partial charge in [-0.2, -0.15) is 0 Å². The number of aliphatic hydroxyl groups excluding tert-OH is 1. The molecule has 1 N–H and O–H groups in total. The second-order valence-corrected chi connectivity index (χ2v) is 5.39. The maximum Gasteiger partial charge on any atom is 0.0954 e. The second-order valence-electron chi connectivity index (χ2n) is 5.39. The van der Waals surface area contributed by atoms with Gasteiger partial charge in [0.15, 0.2) is 0 Å². The Balaban J connectivity index is 0.00000220. The molecule has 0 aromatic heterocycles. The standard InChI is InChI=1S/C18H25NO.CH4/c1-4-6-10-15(5-2)18(20)17-13-19(17)14(3)16-11-8-7-9-12-16;/h5-12,14,17-18,20H,4,13H2,1-3H3;1H4/b10-6-,15-5+;. The van der Waals surface area contributed by atoms with E-state index in [-0.39, 0.29) is 19.6 Å². The Labute approximate surface area is 129 Å². The van der Waals surface area contributed by atoms with Crippen LogP contribution in [0.25, 0.3) is 0 Å². The molecule has 1 aromatic carbocycles. The number of aliphatic hydroxyl groups is 1. The topological polar surface area (TPSA) is 23.2 Å². The lowest BCUT2D eigenvalue weighted by Gasteiger charge is -2.17. The van der Waals surface area contributed by atoms with Crippen LogP contribution >= 0.6 is 0 Å². The van der Waals surface area contributed by atoms with Gasteiger partial charge in [-0.1, -0.05) is 62.9 Å². The average molecular weight is 287 g/mol. The van der Waals surface area contributed by atoms with Crippen LogP contribution in [0, 0.1) is 0 Å². The van der Waals surface area contributed by atoms with E-state index in [2.05, 4.69) is 49.1 Å². The zero-order valence-electron chi connectivity index (χ0n) is 12.7. The van der Waals surface area contributed by atoms with Crippen LogP contribution < -0.4 is 0 Å². The SMILES string of the molecule is C.C/C=C(\C=C/CC)C(O)C1CN1C(C)c1ccccc1. The van der Waals surface area contributed by atoms with Gasteiger partial charge >= 0.3 is 0 Å². The highest BCUT2D eigenvalue weighted by Crippen LogP contribution is 2.35. The lowest BCUT2D eigenvalue weighted by molar-refractivity contribution is 0.185. The van der Waals surface area contributed by atoms with E-state index in [1.807, 2.05) is 25.1 Å². The van der Waals surface area contributed by atoms with E-state index in [1.165, 1.54) is 5.56 Å². The van der Waals surface area contributed by atoms with Crippen LogP contribution in [0.3, 0.4) is 0 Å². The molecule has 1 aliphatic rings. The first-order chi connectivity index (χ1) is 9.69. The highest BCUT2D eigenvalue weighted by Gasteiger charge is 2.43. The summed E-state index contributed by atoms with van der Waals surface area (Å²) >= 11 is 0. The molecule has 0 spiro atoms. The molecule has 0 aliphatic carbocycles. The van der Waals surface area contributed by atoms with Crippen LogP contribution in [-0.2, 0) is 0 Å². The van der Waals surface area contributed by atoms with Crippen LogP contribution in [0.2, 0.25) is 0 Å². The fourth-order valence-corrected chi connectivity index (χ4v) is 2.66. The van der Waals surface area contributed by atoms with E-state index in [1.54, 1.807) is 0 Å². The van der Waals surface area contributed by atoms with Crippen molar-refractivity contribution in [2.75, 3.05) is 6.54 Å². The molecule has 1 aliphatic heterocycles. The van der Waals surface area contributed by atoms with Crippen LogP contribution in [0.4, 0.5) is 0 Å². The van der Waals surface area contributed by atoms with Crippen LogP contribution in [0.1, 0.15) is 46.2 Å². The maximum absolute atomic E-state index is 10.5. The zero-order valence-corrected chi connectivity index (χ0v) is 12.7. The molecule has 1 heterocycles. The predicted octanol–water partition coefficient (Wildman–Crippen LogP) is 4.34. The molecule has 0 radical (unpaired) electrons. The first-order valence-electron chi connectivity index (χ1n) is 7.50. The maximum atomic E-state index is 10.5. The summed E-state index contributed by atoms with van der Waals surface area (Å²) in [5, 5.41) is 10.5. The summed E-state index contributed by atoms with van der Waals surface area (Å²) < 4.78 is 0. The Kier molecular flexibility index (Phi) is 6.86. The third-order valence-electron chi connectivity index (χ3n) is 4.06. The van der Waals surface area contributed by atoms with E-state index in [0.717, 1.165) is 18.5 Å². The van der Waals surface area contributed by atoms with Crippen molar-refractivity contribution in [3.8, 4) is 0 Å². The Morgan fingerprint density at radius 2 is 2.05 bits per heavy atom. The molecule has 0 bridgehead atoms. The number of hydrogen-bond donors (Lipinski definition) is 1. The largest absolute Gasteiger partial charge is 0.387 e. The van der Waals surface area contributed by atoms with Crippen molar-refractivity contribution in [3.63, 3.8) is 0 Å². The van der Waals surface area contributed by atoms with Gasteiger partial charge in [-0.3, -0.25) is 4.90 Å². The van der Waals surface area contributed by atoms with Gasteiger partial charge in [0.05, 0.1) is 12.1 Å². The fourth-order valence-electron chi connectivity index (χ4n) is 2.66. The summed E-state index contributed by atoms with van der Waals surface area (Å²) in [6.07, 6.45) is 6.79. The molecule has 1 aromatic rings. The number of hydrogen-bond acceptors (Lipinski definition) is 2. The van der Waals surface area contributed by atoms with Crippen molar-refractivity contribution >= 4 is 0 Å². The van der Waals surface area contributed by atoms with Crippen molar-refractivity contribution in [3.05, 3.63) is 59.7 Å². The Bertz CT molecular complexity index is 478. The number of rotatable bonds is 6. The number of allylic oxidation sites excluding steroid dienone is 2. The molecule has 4 unspecified atom stereocenters. The van der Waals surface area contributed by atoms with Gasteiger partial charge in [0.1, 0.15) is 0 Å². The number of nitrogens with zero attached hydrogens (tertiary/aromatic N) is 1. The number of benzene rings is 1. The van der Waals surface area contributed by atoms with Crippen LogP contribution in [0.5, 0.6) is 0 Å². The van der Waals surface area contributed by atoms with Crippen molar-refractivity contribution < 1.29 is 5.11 Å². The summed E-state index contributed by atoms with van der Waals surface area (Å²) in [4.78, 5) is 2.35. The van der Waals surface area contributed by atoms with Gasteiger partial charge in [0, 0.05) is 12.6 Å². The first-order valence-corrected chi connectivity index (χ1v) is 7.50. The first kappa shape index (κ1) is 17.7. The van der Waals surface area contributed by atoms with Gasteiger partial charge in [0.25, 0.3) is 0 Å². The molecular weight excluding hydrogens is 258 g/mol. The minimum atomic E-state index is -0.381. The van der Waals surface area contributed by atoms with Crippen LogP contribution in [-0.4, -0.2) is 28.7 Å².